The highest BCUT2D eigenvalue weighted by Gasteiger charge is 2.14. The summed E-state index contributed by atoms with van der Waals surface area (Å²) < 4.78 is 11.4. The first-order valence-corrected chi connectivity index (χ1v) is 9.11. The van der Waals surface area contributed by atoms with Crippen molar-refractivity contribution < 1.29 is 19.1 Å². The van der Waals surface area contributed by atoms with Crippen molar-refractivity contribution in [1.82, 2.24) is 5.32 Å². The Balaban J connectivity index is 1.98. The second-order valence-corrected chi connectivity index (χ2v) is 6.67. The van der Waals surface area contributed by atoms with Gasteiger partial charge in [0.1, 0.15) is 0 Å². The molecule has 0 bridgehead atoms. The van der Waals surface area contributed by atoms with Crippen LogP contribution in [0.15, 0.2) is 40.9 Å². The second kappa shape index (κ2) is 9.38. The van der Waals surface area contributed by atoms with Crippen LogP contribution in [0.2, 0.25) is 0 Å². The Kier molecular flexibility index (Phi) is 7.21. The molecule has 1 atom stereocenters. The minimum atomic E-state index is -0.255. The van der Waals surface area contributed by atoms with E-state index in [0.29, 0.717) is 27.8 Å². The van der Waals surface area contributed by atoms with Gasteiger partial charge in [-0.25, -0.2) is 0 Å². The van der Waals surface area contributed by atoms with E-state index in [1.807, 2.05) is 19.1 Å². The number of carbonyl (C=O) groups excluding carboxylic acids is 2. The average molecular weight is 420 g/mol. The van der Waals surface area contributed by atoms with Gasteiger partial charge >= 0.3 is 0 Å². The smallest absolute Gasteiger partial charge is 0.258 e. The van der Waals surface area contributed by atoms with Gasteiger partial charge in [0, 0.05) is 10.0 Å². The molecule has 0 fully saturated rings. The number of halogens is 1. The highest BCUT2D eigenvalue weighted by molar-refractivity contribution is 9.10. The van der Waals surface area contributed by atoms with Crippen molar-refractivity contribution in [2.75, 3.05) is 13.7 Å². The van der Waals surface area contributed by atoms with Crippen molar-refractivity contribution in [3.8, 4) is 11.5 Å². The first-order valence-electron chi connectivity index (χ1n) is 8.32. The molecule has 0 saturated heterocycles. The normalized spacial score (nSPS) is 11.5. The Labute approximate surface area is 161 Å². The second-order valence-electron chi connectivity index (χ2n) is 5.82. The molecule has 0 aliphatic rings. The summed E-state index contributed by atoms with van der Waals surface area (Å²) in [5, 5.41) is 2.90. The van der Waals surface area contributed by atoms with Crippen LogP contribution in [0.4, 0.5) is 0 Å². The zero-order valence-corrected chi connectivity index (χ0v) is 16.6. The van der Waals surface area contributed by atoms with Gasteiger partial charge < -0.3 is 14.8 Å². The van der Waals surface area contributed by atoms with Gasteiger partial charge in [0.05, 0.1) is 13.2 Å². The molecule has 1 amide bonds. The molecule has 0 aliphatic carbocycles. The first-order chi connectivity index (χ1) is 12.5. The van der Waals surface area contributed by atoms with Gasteiger partial charge in [0.2, 0.25) is 0 Å². The largest absolute Gasteiger partial charge is 0.493 e. The standard InChI is InChI=1S/C20H22BrNO4/c1-4-14-5-7-15(8-6-14)13(2)22-20(24)12-26-19-9-16(11-23)17(21)10-18(19)25-3/h5-11,13H,4,12H2,1-3H3,(H,22,24)/t13-/m0/s1. The molecule has 0 saturated carbocycles. The minimum absolute atomic E-state index is 0.130. The van der Waals surface area contributed by atoms with Crippen molar-refractivity contribution in [2.45, 2.75) is 26.3 Å². The summed E-state index contributed by atoms with van der Waals surface area (Å²) in [7, 11) is 1.50. The van der Waals surface area contributed by atoms with Crippen molar-refractivity contribution in [3.63, 3.8) is 0 Å². The number of methoxy groups -OCH3 is 1. The molecule has 138 valence electrons. The monoisotopic (exact) mass is 419 g/mol. The molecule has 0 radical (unpaired) electrons. The van der Waals surface area contributed by atoms with Gasteiger partial charge in [-0.1, -0.05) is 31.2 Å². The van der Waals surface area contributed by atoms with Crippen LogP contribution >= 0.6 is 15.9 Å². The Bertz CT molecular complexity index is 774. The predicted molar refractivity (Wildman–Crippen MR) is 104 cm³/mol. The number of carbonyl (C=O) groups is 2. The van der Waals surface area contributed by atoms with Crippen molar-refractivity contribution in [2.24, 2.45) is 0 Å². The van der Waals surface area contributed by atoms with E-state index >= 15 is 0 Å². The molecule has 0 aliphatic heterocycles. The molecule has 2 aromatic rings. The quantitative estimate of drug-likeness (QED) is 0.654. The minimum Gasteiger partial charge on any atom is -0.493 e. The third-order valence-corrected chi connectivity index (χ3v) is 4.72. The molecule has 2 rings (SSSR count). The lowest BCUT2D eigenvalue weighted by Gasteiger charge is -2.16. The summed E-state index contributed by atoms with van der Waals surface area (Å²) in [5.74, 6) is 0.529. The van der Waals surface area contributed by atoms with E-state index in [-0.39, 0.29) is 18.6 Å². The highest BCUT2D eigenvalue weighted by Crippen LogP contribution is 2.32. The first kappa shape index (κ1) is 20.0. The fourth-order valence-electron chi connectivity index (χ4n) is 2.47. The lowest BCUT2D eigenvalue weighted by Crippen LogP contribution is -2.31. The van der Waals surface area contributed by atoms with Crippen molar-refractivity contribution in [1.29, 1.82) is 0 Å². The summed E-state index contributed by atoms with van der Waals surface area (Å²) in [6.07, 6.45) is 1.69. The van der Waals surface area contributed by atoms with E-state index in [1.165, 1.54) is 18.7 Å². The average Bonchev–Trinajstić information content (AvgIpc) is 2.66. The molecule has 6 heteroatoms. The zero-order valence-electron chi connectivity index (χ0n) is 15.0. The van der Waals surface area contributed by atoms with Crippen LogP contribution in [0.3, 0.4) is 0 Å². The number of hydrogen-bond acceptors (Lipinski definition) is 4. The van der Waals surface area contributed by atoms with Gasteiger partial charge in [-0.05, 0) is 52.5 Å². The molecular weight excluding hydrogens is 398 g/mol. The molecule has 5 nitrogen and oxygen atoms in total. The number of aldehydes is 1. The summed E-state index contributed by atoms with van der Waals surface area (Å²) in [4.78, 5) is 23.2. The Morgan fingerprint density at radius 3 is 2.50 bits per heavy atom. The zero-order chi connectivity index (χ0) is 19.1. The Morgan fingerprint density at radius 2 is 1.92 bits per heavy atom. The maximum absolute atomic E-state index is 12.2. The van der Waals surface area contributed by atoms with E-state index in [4.69, 9.17) is 9.47 Å². The van der Waals surface area contributed by atoms with Crippen molar-refractivity contribution >= 4 is 28.1 Å². The van der Waals surface area contributed by atoms with Gasteiger partial charge in [0.15, 0.2) is 24.4 Å². The number of aryl methyl sites for hydroxylation is 1. The van der Waals surface area contributed by atoms with E-state index in [2.05, 4.69) is 40.3 Å². The predicted octanol–water partition coefficient (Wildman–Crippen LogP) is 4.09. The lowest BCUT2D eigenvalue weighted by atomic mass is 10.1. The molecule has 0 unspecified atom stereocenters. The van der Waals surface area contributed by atoms with Gasteiger partial charge in [-0.3, -0.25) is 9.59 Å². The van der Waals surface area contributed by atoms with Gasteiger partial charge in [-0.15, -0.1) is 0 Å². The fraction of sp³-hybridized carbons (Fsp3) is 0.300. The van der Waals surface area contributed by atoms with Crippen LogP contribution in [0.5, 0.6) is 11.5 Å². The topological polar surface area (TPSA) is 64.6 Å². The lowest BCUT2D eigenvalue weighted by molar-refractivity contribution is -0.123. The number of nitrogens with one attached hydrogen (secondary N) is 1. The molecule has 0 spiro atoms. The third-order valence-electron chi connectivity index (χ3n) is 4.03. The number of ether oxygens (including phenoxy) is 2. The molecule has 26 heavy (non-hydrogen) atoms. The van der Waals surface area contributed by atoms with Gasteiger partial charge in [-0.2, -0.15) is 0 Å². The van der Waals surface area contributed by atoms with Gasteiger partial charge in [0.25, 0.3) is 5.91 Å². The molecular formula is C20H22BrNO4. The Hall–Kier alpha value is -2.34. The summed E-state index contributed by atoms with van der Waals surface area (Å²) >= 11 is 3.29. The van der Waals surface area contributed by atoms with E-state index in [0.717, 1.165) is 12.0 Å². The number of amides is 1. The molecule has 2 aromatic carbocycles. The summed E-state index contributed by atoms with van der Waals surface area (Å²) in [6.45, 7) is 3.85. The maximum Gasteiger partial charge on any atom is 0.258 e. The molecule has 0 heterocycles. The summed E-state index contributed by atoms with van der Waals surface area (Å²) in [5.41, 5.74) is 2.70. The number of benzene rings is 2. The van der Waals surface area contributed by atoms with Crippen LogP contribution in [0.1, 0.15) is 41.4 Å². The van der Waals surface area contributed by atoms with E-state index < -0.39 is 0 Å². The van der Waals surface area contributed by atoms with E-state index in [1.54, 1.807) is 6.07 Å². The van der Waals surface area contributed by atoms with Crippen LogP contribution in [0.25, 0.3) is 0 Å². The number of rotatable bonds is 8. The number of hydrogen-bond donors (Lipinski definition) is 1. The Morgan fingerprint density at radius 1 is 1.23 bits per heavy atom. The summed E-state index contributed by atoms with van der Waals surface area (Å²) in [6, 6.07) is 11.2. The van der Waals surface area contributed by atoms with Crippen LogP contribution in [-0.2, 0) is 11.2 Å². The highest BCUT2D eigenvalue weighted by atomic mass is 79.9. The van der Waals surface area contributed by atoms with Crippen LogP contribution < -0.4 is 14.8 Å². The maximum atomic E-state index is 12.2. The van der Waals surface area contributed by atoms with Crippen molar-refractivity contribution in [3.05, 3.63) is 57.6 Å². The van der Waals surface area contributed by atoms with Crippen LogP contribution in [-0.4, -0.2) is 25.9 Å². The van der Waals surface area contributed by atoms with Crippen LogP contribution in [0, 0.1) is 0 Å². The molecule has 1 N–H and O–H groups in total. The third kappa shape index (κ3) is 5.08. The SMILES string of the molecule is CCc1ccc([C@H](C)NC(=O)COc2cc(C=O)c(Br)cc2OC)cc1. The fourth-order valence-corrected chi connectivity index (χ4v) is 2.88. The van der Waals surface area contributed by atoms with E-state index in [9.17, 15) is 9.59 Å². The molecule has 0 aromatic heterocycles.